The molecule has 0 unspecified atom stereocenters. The Bertz CT molecular complexity index is 1020. The second kappa shape index (κ2) is 6.71. The van der Waals surface area contributed by atoms with Gasteiger partial charge in [-0.15, -0.1) is 0 Å². The molecule has 2 aromatic carbocycles. The first-order valence-electron chi connectivity index (χ1n) is 8.17. The Morgan fingerprint density at radius 1 is 1.00 bits per heavy atom. The van der Waals surface area contributed by atoms with E-state index in [9.17, 15) is 18.0 Å². The van der Waals surface area contributed by atoms with Crippen LogP contribution >= 0.6 is 0 Å². The zero-order chi connectivity index (χ0) is 19.0. The monoisotopic (exact) mass is 370 g/mol. The fourth-order valence-electron chi connectivity index (χ4n) is 2.94. The maximum atomic E-state index is 13.7. The molecule has 136 valence electrons. The predicted molar refractivity (Wildman–Crippen MR) is 93.5 cm³/mol. The number of carbonyl (C=O) groups is 1. The van der Waals surface area contributed by atoms with E-state index in [1.165, 1.54) is 18.0 Å². The van der Waals surface area contributed by atoms with Crippen molar-refractivity contribution in [3.8, 4) is 0 Å². The fraction of sp³-hybridized carbons (Fsp3) is 0.105. The van der Waals surface area contributed by atoms with Crippen LogP contribution in [-0.2, 0) is 6.42 Å². The Hall–Kier alpha value is -3.42. The van der Waals surface area contributed by atoms with Crippen molar-refractivity contribution in [1.29, 1.82) is 0 Å². The number of aromatic nitrogens is 2. The predicted octanol–water partition coefficient (Wildman–Crippen LogP) is 3.84. The zero-order valence-corrected chi connectivity index (χ0v) is 13.9. The Labute approximate surface area is 152 Å². The average Bonchev–Trinajstić information content (AvgIpc) is 3.12. The Morgan fingerprint density at radius 3 is 2.52 bits per heavy atom. The van der Waals surface area contributed by atoms with Crippen LogP contribution < -0.4 is 10.2 Å². The lowest BCUT2D eigenvalue weighted by molar-refractivity contribution is 0.102. The molecule has 0 bridgehead atoms. The lowest BCUT2D eigenvalue weighted by atomic mass is 10.2. The summed E-state index contributed by atoms with van der Waals surface area (Å²) < 4.78 is 39.9. The summed E-state index contributed by atoms with van der Waals surface area (Å²) in [5.74, 6) is -4.73. The first-order chi connectivity index (χ1) is 13.0. The minimum Gasteiger partial charge on any atom is -0.319 e. The van der Waals surface area contributed by atoms with Gasteiger partial charge in [0.1, 0.15) is 0 Å². The first kappa shape index (κ1) is 17.0. The summed E-state index contributed by atoms with van der Waals surface area (Å²) in [5.41, 5.74) is 1.81. The molecule has 27 heavy (non-hydrogen) atoms. The number of hydrogen-bond acceptors (Lipinski definition) is 4. The summed E-state index contributed by atoms with van der Waals surface area (Å²) in [5, 5.41) is 2.18. The summed E-state index contributed by atoms with van der Waals surface area (Å²) in [6, 6.07) is 9.58. The molecule has 1 aromatic heterocycles. The minimum absolute atomic E-state index is 0.0652. The van der Waals surface area contributed by atoms with Crippen LogP contribution in [-0.4, -0.2) is 22.4 Å². The van der Waals surface area contributed by atoms with Crippen molar-refractivity contribution in [1.82, 2.24) is 9.97 Å². The number of anilines is 3. The summed E-state index contributed by atoms with van der Waals surface area (Å²) >= 11 is 0. The topological polar surface area (TPSA) is 58.1 Å². The van der Waals surface area contributed by atoms with Crippen LogP contribution in [0.25, 0.3) is 0 Å². The van der Waals surface area contributed by atoms with E-state index < -0.39 is 29.0 Å². The van der Waals surface area contributed by atoms with E-state index >= 15 is 0 Å². The van der Waals surface area contributed by atoms with Gasteiger partial charge in [0.2, 0.25) is 5.95 Å². The second-order valence-electron chi connectivity index (χ2n) is 5.98. The van der Waals surface area contributed by atoms with Gasteiger partial charge in [-0.05, 0) is 30.2 Å². The molecule has 0 aliphatic carbocycles. The number of benzene rings is 2. The van der Waals surface area contributed by atoms with Crippen LogP contribution in [0.15, 0.2) is 48.8 Å². The summed E-state index contributed by atoms with van der Waals surface area (Å²) in [7, 11) is 0. The molecule has 0 saturated carbocycles. The fourth-order valence-corrected chi connectivity index (χ4v) is 2.94. The first-order valence-corrected chi connectivity index (χ1v) is 8.17. The van der Waals surface area contributed by atoms with Crippen molar-refractivity contribution in [3.05, 3.63) is 77.4 Å². The van der Waals surface area contributed by atoms with Gasteiger partial charge in [-0.2, -0.15) is 0 Å². The number of amides is 1. The van der Waals surface area contributed by atoms with Crippen molar-refractivity contribution < 1.29 is 18.0 Å². The van der Waals surface area contributed by atoms with E-state index in [1.54, 1.807) is 0 Å². The highest BCUT2D eigenvalue weighted by atomic mass is 19.2. The molecule has 0 fully saturated rings. The third kappa shape index (κ3) is 3.10. The van der Waals surface area contributed by atoms with Gasteiger partial charge in [-0.25, -0.2) is 23.1 Å². The van der Waals surface area contributed by atoms with Crippen LogP contribution in [0.1, 0.15) is 15.9 Å². The molecule has 0 saturated heterocycles. The van der Waals surface area contributed by atoms with Crippen LogP contribution in [0.5, 0.6) is 0 Å². The number of nitrogens with one attached hydrogen (secondary N) is 1. The number of fused-ring (bicyclic) bond motifs is 1. The number of halogens is 3. The van der Waals surface area contributed by atoms with Gasteiger partial charge in [-0.1, -0.05) is 18.2 Å². The molecule has 1 aliphatic heterocycles. The highest BCUT2D eigenvalue weighted by Crippen LogP contribution is 2.32. The highest BCUT2D eigenvalue weighted by Gasteiger charge is 2.22. The molecule has 0 radical (unpaired) electrons. The standard InChI is InChI=1S/C19H13F3N4O/c20-13-5-6-14(17(22)16(13)21)25-18(27)12-9-23-19(24-10-12)26-8-7-11-3-1-2-4-15(11)26/h1-6,9-10H,7-8H2,(H,25,27). The van der Waals surface area contributed by atoms with Gasteiger partial charge in [0.25, 0.3) is 5.91 Å². The lowest BCUT2D eigenvalue weighted by Crippen LogP contribution is -2.18. The third-order valence-electron chi connectivity index (χ3n) is 4.31. The molecular weight excluding hydrogens is 357 g/mol. The Morgan fingerprint density at radius 2 is 1.74 bits per heavy atom. The Kier molecular flexibility index (Phi) is 4.23. The highest BCUT2D eigenvalue weighted by molar-refractivity contribution is 6.04. The minimum atomic E-state index is -1.65. The molecule has 1 N–H and O–H groups in total. The van der Waals surface area contributed by atoms with Crippen LogP contribution in [0, 0.1) is 17.5 Å². The van der Waals surface area contributed by atoms with Crippen molar-refractivity contribution in [2.75, 3.05) is 16.8 Å². The molecule has 0 atom stereocenters. The van der Waals surface area contributed by atoms with E-state index in [-0.39, 0.29) is 5.56 Å². The van der Waals surface area contributed by atoms with Gasteiger partial charge in [0.15, 0.2) is 17.5 Å². The van der Waals surface area contributed by atoms with E-state index in [2.05, 4.69) is 15.3 Å². The third-order valence-corrected chi connectivity index (χ3v) is 4.31. The lowest BCUT2D eigenvalue weighted by Gasteiger charge is -2.17. The van der Waals surface area contributed by atoms with Gasteiger partial charge in [0, 0.05) is 24.6 Å². The summed E-state index contributed by atoms with van der Waals surface area (Å²) in [6.45, 7) is 0.727. The maximum absolute atomic E-state index is 13.7. The molecule has 0 spiro atoms. The zero-order valence-electron chi connectivity index (χ0n) is 13.9. The number of rotatable bonds is 3. The van der Waals surface area contributed by atoms with Crippen molar-refractivity contribution >= 4 is 23.2 Å². The van der Waals surface area contributed by atoms with Gasteiger partial charge in [0.05, 0.1) is 11.3 Å². The number of para-hydroxylation sites is 1. The second-order valence-corrected chi connectivity index (χ2v) is 5.98. The van der Waals surface area contributed by atoms with Crippen LogP contribution in [0.2, 0.25) is 0 Å². The van der Waals surface area contributed by atoms with Crippen LogP contribution in [0.3, 0.4) is 0 Å². The summed E-state index contributed by atoms with van der Waals surface area (Å²) in [6.07, 6.45) is 3.48. The van der Waals surface area contributed by atoms with E-state index in [1.807, 2.05) is 29.2 Å². The van der Waals surface area contributed by atoms with Crippen molar-refractivity contribution in [2.45, 2.75) is 6.42 Å². The van der Waals surface area contributed by atoms with E-state index in [4.69, 9.17) is 0 Å². The number of carbonyl (C=O) groups excluding carboxylic acids is 1. The van der Waals surface area contributed by atoms with E-state index in [0.717, 1.165) is 30.8 Å². The van der Waals surface area contributed by atoms with E-state index in [0.29, 0.717) is 5.95 Å². The van der Waals surface area contributed by atoms with Gasteiger partial charge >= 0.3 is 0 Å². The average molecular weight is 370 g/mol. The molecule has 1 aliphatic rings. The van der Waals surface area contributed by atoms with Crippen molar-refractivity contribution in [2.24, 2.45) is 0 Å². The summed E-state index contributed by atoms with van der Waals surface area (Å²) in [4.78, 5) is 22.5. The molecule has 8 heteroatoms. The molecular formula is C19H13F3N4O. The normalized spacial score (nSPS) is 12.8. The smallest absolute Gasteiger partial charge is 0.258 e. The van der Waals surface area contributed by atoms with Gasteiger partial charge in [-0.3, -0.25) is 4.79 Å². The molecule has 3 aromatic rings. The quantitative estimate of drug-likeness (QED) is 0.712. The maximum Gasteiger partial charge on any atom is 0.258 e. The van der Waals surface area contributed by atoms with Crippen molar-refractivity contribution in [3.63, 3.8) is 0 Å². The molecule has 1 amide bonds. The Balaban J connectivity index is 1.53. The largest absolute Gasteiger partial charge is 0.319 e. The van der Waals surface area contributed by atoms with Crippen LogP contribution in [0.4, 0.5) is 30.5 Å². The van der Waals surface area contributed by atoms with Gasteiger partial charge < -0.3 is 10.2 Å². The SMILES string of the molecule is O=C(Nc1ccc(F)c(F)c1F)c1cnc(N2CCc3ccccc32)nc1. The number of nitrogens with zero attached hydrogens (tertiary/aromatic N) is 3. The molecule has 5 nitrogen and oxygen atoms in total. The molecule has 4 rings (SSSR count). The molecule has 2 heterocycles. The number of hydrogen-bond donors (Lipinski definition) is 1.